The first-order chi connectivity index (χ1) is 9.44. The highest BCUT2D eigenvalue weighted by Gasteiger charge is 2.20. The molecule has 0 aliphatic carbocycles. The van der Waals surface area contributed by atoms with Gasteiger partial charge in [0.2, 0.25) is 10.0 Å². The Bertz CT molecular complexity index is 560. The van der Waals surface area contributed by atoms with Crippen molar-refractivity contribution in [2.75, 3.05) is 6.54 Å². The fourth-order valence-electron chi connectivity index (χ4n) is 1.88. The molecular formula is C13H19N3O3S. The number of sulfonamides is 1. The second-order valence-corrected chi connectivity index (χ2v) is 6.25. The lowest BCUT2D eigenvalue weighted by atomic mass is 9.97. The van der Waals surface area contributed by atoms with Gasteiger partial charge in [0.05, 0.1) is 6.10 Å². The number of hydrogen-bond donors (Lipinski definition) is 2. The fraction of sp³-hybridized carbons (Fsp3) is 0.538. The van der Waals surface area contributed by atoms with Crippen LogP contribution in [0.1, 0.15) is 32.4 Å². The van der Waals surface area contributed by atoms with Gasteiger partial charge >= 0.3 is 0 Å². The third kappa shape index (κ3) is 4.27. The van der Waals surface area contributed by atoms with Crippen LogP contribution in [0.2, 0.25) is 0 Å². The molecule has 0 aromatic carbocycles. The predicted molar refractivity (Wildman–Crippen MR) is 74.2 cm³/mol. The maximum Gasteiger partial charge on any atom is 0.242 e. The van der Waals surface area contributed by atoms with E-state index in [1.54, 1.807) is 0 Å². The molecule has 20 heavy (non-hydrogen) atoms. The zero-order valence-electron chi connectivity index (χ0n) is 11.6. The number of nitrogens with one attached hydrogen (secondary N) is 1. The molecule has 0 fully saturated rings. The van der Waals surface area contributed by atoms with Gasteiger partial charge in [-0.05, 0) is 18.1 Å². The van der Waals surface area contributed by atoms with Crippen molar-refractivity contribution >= 4 is 10.0 Å². The van der Waals surface area contributed by atoms with Gasteiger partial charge in [-0.25, -0.2) is 18.1 Å². The molecule has 1 heterocycles. The van der Waals surface area contributed by atoms with Crippen molar-refractivity contribution in [3.05, 3.63) is 24.0 Å². The highest BCUT2D eigenvalue weighted by atomic mass is 32.2. The summed E-state index contributed by atoms with van der Waals surface area (Å²) in [5, 5.41) is 18.5. The molecule has 1 rings (SSSR count). The van der Waals surface area contributed by atoms with Crippen LogP contribution in [0.15, 0.2) is 23.2 Å². The summed E-state index contributed by atoms with van der Waals surface area (Å²) >= 11 is 0. The summed E-state index contributed by atoms with van der Waals surface area (Å²) in [7, 11) is -3.71. The number of hydrogen-bond acceptors (Lipinski definition) is 5. The largest absolute Gasteiger partial charge is 0.391 e. The Morgan fingerprint density at radius 1 is 1.40 bits per heavy atom. The number of aliphatic hydroxyl groups excluding tert-OH is 1. The first-order valence-electron chi connectivity index (χ1n) is 6.48. The van der Waals surface area contributed by atoms with Crippen LogP contribution in [0.25, 0.3) is 0 Å². The van der Waals surface area contributed by atoms with Gasteiger partial charge in [0.1, 0.15) is 16.7 Å². The first-order valence-corrected chi connectivity index (χ1v) is 7.96. The maximum atomic E-state index is 12.0. The van der Waals surface area contributed by atoms with E-state index in [0.29, 0.717) is 0 Å². The van der Waals surface area contributed by atoms with Gasteiger partial charge < -0.3 is 5.11 Å². The molecule has 110 valence electrons. The SMILES string of the molecule is CCC(CC)C(O)CNS(=O)(=O)c1ccc(C#N)nc1. The fourth-order valence-corrected chi connectivity index (χ4v) is 2.88. The second kappa shape index (κ2) is 7.33. The van der Waals surface area contributed by atoms with Gasteiger partial charge in [-0.1, -0.05) is 26.7 Å². The Balaban J connectivity index is 2.72. The highest BCUT2D eigenvalue weighted by molar-refractivity contribution is 7.89. The van der Waals surface area contributed by atoms with Crippen molar-refractivity contribution in [2.24, 2.45) is 5.92 Å². The van der Waals surface area contributed by atoms with Gasteiger partial charge in [0, 0.05) is 12.7 Å². The lowest BCUT2D eigenvalue weighted by Gasteiger charge is -2.20. The van der Waals surface area contributed by atoms with E-state index in [9.17, 15) is 13.5 Å². The van der Waals surface area contributed by atoms with Crippen molar-refractivity contribution in [3.8, 4) is 6.07 Å². The van der Waals surface area contributed by atoms with Crippen LogP contribution in [0, 0.1) is 17.2 Å². The quantitative estimate of drug-likeness (QED) is 0.782. The zero-order chi connectivity index (χ0) is 15.2. The minimum absolute atomic E-state index is 0.0201. The van der Waals surface area contributed by atoms with Crippen LogP contribution in [-0.2, 0) is 10.0 Å². The molecule has 0 aliphatic heterocycles. The van der Waals surface area contributed by atoms with Crippen molar-refractivity contribution in [3.63, 3.8) is 0 Å². The lowest BCUT2D eigenvalue weighted by Crippen LogP contribution is -2.36. The topological polar surface area (TPSA) is 103 Å². The average Bonchev–Trinajstić information content (AvgIpc) is 2.46. The van der Waals surface area contributed by atoms with E-state index in [1.807, 2.05) is 19.9 Å². The first kappa shape index (κ1) is 16.6. The molecule has 0 radical (unpaired) electrons. The Morgan fingerprint density at radius 3 is 2.50 bits per heavy atom. The van der Waals surface area contributed by atoms with Crippen LogP contribution in [0.3, 0.4) is 0 Å². The van der Waals surface area contributed by atoms with Crippen molar-refractivity contribution in [1.29, 1.82) is 5.26 Å². The van der Waals surface area contributed by atoms with Gasteiger partial charge in [-0.2, -0.15) is 5.26 Å². The zero-order valence-corrected chi connectivity index (χ0v) is 12.4. The van der Waals surface area contributed by atoms with E-state index in [0.717, 1.165) is 19.0 Å². The van der Waals surface area contributed by atoms with Crippen LogP contribution in [0.4, 0.5) is 0 Å². The van der Waals surface area contributed by atoms with E-state index >= 15 is 0 Å². The van der Waals surface area contributed by atoms with Gasteiger partial charge in [-0.15, -0.1) is 0 Å². The molecule has 2 N–H and O–H groups in total. The van der Waals surface area contributed by atoms with Gasteiger partial charge in [-0.3, -0.25) is 0 Å². The van der Waals surface area contributed by atoms with E-state index in [-0.39, 0.29) is 23.1 Å². The Morgan fingerprint density at radius 2 is 2.05 bits per heavy atom. The standard InChI is InChI=1S/C13H19N3O3S/c1-3-10(4-2)13(17)9-16-20(18,19)12-6-5-11(7-14)15-8-12/h5-6,8,10,13,16-17H,3-4,9H2,1-2H3. The number of aliphatic hydroxyl groups is 1. The number of nitriles is 1. The Labute approximate surface area is 119 Å². The summed E-state index contributed by atoms with van der Waals surface area (Å²) < 4.78 is 26.3. The predicted octanol–water partition coefficient (Wildman–Crippen LogP) is 1.03. The van der Waals surface area contributed by atoms with Crippen molar-refractivity contribution in [2.45, 2.75) is 37.7 Å². The molecule has 1 unspecified atom stereocenters. The number of nitrogens with zero attached hydrogens (tertiary/aromatic N) is 2. The summed E-state index contributed by atoms with van der Waals surface area (Å²) in [5.41, 5.74) is 0.154. The normalized spacial score (nSPS) is 13.2. The highest BCUT2D eigenvalue weighted by Crippen LogP contribution is 2.13. The number of aromatic nitrogens is 1. The van der Waals surface area contributed by atoms with E-state index in [2.05, 4.69) is 9.71 Å². The van der Waals surface area contributed by atoms with Crippen molar-refractivity contribution < 1.29 is 13.5 Å². The monoisotopic (exact) mass is 297 g/mol. The summed E-state index contributed by atoms with van der Waals surface area (Å²) in [4.78, 5) is 3.70. The molecule has 1 aromatic heterocycles. The number of rotatable bonds is 7. The molecule has 0 amide bonds. The molecule has 0 spiro atoms. The average molecular weight is 297 g/mol. The lowest BCUT2D eigenvalue weighted by molar-refractivity contribution is 0.107. The summed E-state index contributed by atoms with van der Waals surface area (Å²) in [6.07, 6.45) is 1.99. The van der Waals surface area contributed by atoms with Crippen LogP contribution in [-0.4, -0.2) is 31.2 Å². The number of pyridine rings is 1. The third-order valence-electron chi connectivity index (χ3n) is 3.24. The molecule has 0 aliphatic rings. The minimum Gasteiger partial charge on any atom is -0.391 e. The molecule has 0 bridgehead atoms. The molecule has 0 saturated heterocycles. The second-order valence-electron chi connectivity index (χ2n) is 4.49. The summed E-state index contributed by atoms with van der Waals surface area (Å²) in [5.74, 6) is 0.0665. The molecule has 1 atom stereocenters. The minimum atomic E-state index is -3.71. The van der Waals surface area contributed by atoms with Gasteiger partial charge in [0.25, 0.3) is 0 Å². The van der Waals surface area contributed by atoms with Gasteiger partial charge in [0.15, 0.2) is 0 Å². The Hall–Kier alpha value is -1.49. The molecule has 1 aromatic rings. The maximum absolute atomic E-state index is 12.0. The summed E-state index contributed by atoms with van der Waals surface area (Å²) in [6.45, 7) is 3.88. The van der Waals surface area contributed by atoms with Crippen LogP contribution >= 0.6 is 0 Å². The van der Waals surface area contributed by atoms with Crippen molar-refractivity contribution in [1.82, 2.24) is 9.71 Å². The smallest absolute Gasteiger partial charge is 0.242 e. The van der Waals surface area contributed by atoms with Crippen LogP contribution in [0.5, 0.6) is 0 Å². The van der Waals surface area contributed by atoms with E-state index in [1.165, 1.54) is 12.1 Å². The third-order valence-corrected chi connectivity index (χ3v) is 4.65. The van der Waals surface area contributed by atoms with E-state index in [4.69, 9.17) is 5.26 Å². The molecule has 6 nitrogen and oxygen atoms in total. The van der Waals surface area contributed by atoms with Crippen LogP contribution < -0.4 is 4.72 Å². The Kier molecular flexibility index (Phi) is 6.07. The summed E-state index contributed by atoms with van der Waals surface area (Å²) in [6, 6.07) is 4.48. The molecule has 0 saturated carbocycles. The van der Waals surface area contributed by atoms with E-state index < -0.39 is 16.1 Å². The molecule has 7 heteroatoms. The molecular weight excluding hydrogens is 278 g/mol.